The highest BCUT2D eigenvalue weighted by Gasteiger charge is 2.43. The van der Waals surface area contributed by atoms with E-state index in [1.165, 1.54) is 22.8 Å². The molecule has 0 aliphatic carbocycles. The largest absolute Gasteiger partial charge is 0.434 e. The Morgan fingerprint density at radius 1 is 1.02 bits per heavy atom. The summed E-state index contributed by atoms with van der Waals surface area (Å²) in [5, 5.41) is 6.78. The molecule has 3 aromatic rings. The van der Waals surface area contributed by atoms with Crippen molar-refractivity contribution in [1.82, 2.24) is 10.6 Å². The number of fused-ring (bicyclic) bond motifs is 2. The first-order valence-corrected chi connectivity index (χ1v) is 15.2. The minimum absolute atomic E-state index is 0. The van der Waals surface area contributed by atoms with E-state index in [0.29, 0.717) is 5.39 Å². The number of amides is 3. The molecule has 232 valence electrons. The van der Waals surface area contributed by atoms with Gasteiger partial charge in [-0.3, -0.25) is 14.4 Å². The van der Waals surface area contributed by atoms with Gasteiger partial charge in [-0.25, -0.2) is 8.42 Å². The smallest absolute Gasteiger partial charge is 0.387 e. The Bertz CT molecular complexity index is 1620. The van der Waals surface area contributed by atoms with E-state index >= 15 is 0 Å². The molecule has 10 nitrogen and oxygen atoms in total. The number of hydrogen-bond acceptors (Lipinski definition) is 7. The zero-order valence-electron chi connectivity index (χ0n) is 23.9. The number of carbonyl (C=O) groups is 3. The van der Waals surface area contributed by atoms with E-state index in [1.807, 2.05) is 0 Å². The van der Waals surface area contributed by atoms with E-state index in [9.17, 15) is 31.6 Å². The van der Waals surface area contributed by atoms with Gasteiger partial charge in [0.25, 0.3) is 5.91 Å². The number of rotatable bonds is 9. The number of nitrogens with zero attached hydrogens (tertiary/aromatic N) is 2. The number of likely N-dealkylation sites (N-methyl/N-ethyl adjacent to an activating group) is 1. The normalized spacial score (nSPS) is 17.6. The fourth-order valence-corrected chi connectivity index (χ4v) is 5.60. The lowest BCUT2D eigenvalue weighted by atomic mass is 10.0. The van der Waals surface area contributed by atoms with E-state index in [0.717, 1.165) is 11.6 Å². The van der Waals surface area contributed by atoms with Crippen molar-refractivity contribution >= 4 is 62.1 Å². The highest BCUT2D eigenvalue weighted by molar-refractivity contribution is 7.91. The van der Waals surface area contributed by atoms with Crippen LogP contribution in [-0.2, 0) is 30.8 Å². The highest BCUT2D eigenvalue weighted by Crippen LogP contribution is 2.39. The van der Waals surface area contributed by atoms with Crippen LogP contribution in [0.4, 0.5) is 20.2 Å². The molecule has 3 atom stereocenters. The number of alkyl halides is 2. The maximum atomic E-state index is 14.3. The number of para-hydroxylation sites is 2. The van der Waals surface area contributed by atoms with Gasteiger partial charge < -0.3 is 25.2 Å². The molecule has 1 unspecified atom stereocenters. The van der Waals surface area contributed by atoms with Crippen molar-refractivity contribution in [3.05, 3.63) is 66.2 Å². The number of hydrogen-bond donors (Lipinski definition) is 2. The van der Waals surface area contributed by atoms with Gasteiger partial charge in [-0.05, 0) is 49.9 Å². The predicted octanol–water partition coefficient (Wildman–Crippen LogP) is 3.27. The molecule has 0 saturated carbocycles. The predicted molar refractivity (Wildman–Crippen MR) is 163 cm³/mol. The summed E-state index contributed by atoms with van der Waals surface area (Å²) in [5.74, 6) is -2.92. The monoisotopic (exact) mass is 638 g/mol. The molecule has 14 heteroatoms. The SMILES string of the molecule is CNC(C)C(=O)N[C@@H]1C(=O)N(Cc2c(OC(F)F)ccc3ccccc23)c2ccccc2N(C(=O)CS(C)(=O)=O)[C@H]1C.Cl. The van der Waals surface area contributed by atoms with Crippen LogP contribution in [0.15, 0.2) is 60.7 Å². The van der Waals surface area contributed by atoms with E-state index < -0.39 is 58.0 Å². The number of nitrogens with one attached hydrogen (secondary N) is 2. The Hall–Kier alpha value is -3.81. The molecule has 1 aliphatic rings. The third-order valence-corrected chi connectivity index (χ3v) is 7.93. The first-order valence-electron chi connectivity index (χ1n) is 13.2. The summed E-state index contributed by atoms with van der Waals surface area (Å²) >= 11 is 0. The molecular formula is C29H33ClF2N4O6S. The lowest BCUT2D eigenvalue weighted by molar-refractivity contribution is -0.129. The van der Waals surface area contributed by atoms with Crippen LogP contribution in [-0.4, -0.2) is 69.9 Å². The van der Waals surface area contributed by atoms with Crippen LogP contribution < -0.4 is 25.2 Å². The molecule has 1 heterocycles. The fraction of sp³-hybridized carbons (Fsp3) is 0.345. The molecule has 43 heavy (non-hydrogen) atoms. The lowest BCUT2D eigenvalue weighted by Crippen LogP contribution is -2.60. The molecular weight excluding hydrogens is 606 g/mol. The average molecular weight is 639 g/mol. The third kappa shape index (κ3) is 7.40. The molecule has 2 N–H and O–H groups in total. The molecule has 0 saturated heterocycles. The van der Waals surface area contributed by atoms with Gasteiger partial charge in [-0.1, -0.05) is 42.5 Å². The van der Waals surface area contributed by atoms with Crippen molar-refractivity contribution < 1.29 is 36.3 Å². The van der Waals surface area contributed by atoms with Gasteiger partial charge >= 0.3 is 6.61 Å². The minimum Gasteiger partial charge on any atom is -0.434 e. The molecule has 0 radical (unpaired) electrons. The van der Waals surface area contributed by atoms with Crippen LogP contribution in [0.3, 0.4) is 0 Å². The van der Waals surface area contributed by atoms with Crippen LogP contribution in [0.1, 0.15) is 19.4 Å². The van der Waals surface area contributed by atoms with Gasteiger partial charge in [-0.15, -0.1) is 12.4 Å². The van der Waals surface area contributed by atoms with Gasteiger partial charge in [-0.2, -0.15) is 8.78 Å². The van der Waals surface area contributed by atoms with Crippen molar-refractivity contribution in [3.63, 3.8) is 0 Å². The molecule has 4 rings (SSSR count). The zero-order valence-corrected chi connectivity index (χ0v) is 25.5. The summed E-state index contributed by atoms with van der Waals surface area (Å²) in [7, 11) is -2.19. The maximum Gasteiger partial charge on any atom is 0.387 e. The van der Waals surface area contributed by atoms with Gasteiger partial charge in [0.1, 0.15) is 17.5 Å². The topological polar surface area (TPSA) is 125 Å². The summed E-state index contributed by atoms with van der Waals surface area (Å²) in [6, 6.07) is 13.4. The fourth-order valence-electron chi connectivity index (χ4n) is 5.01. The van der Waals surface area contributed by atoms with Crippen LogP contribution in [0.25, 0.3) is 10.8 Å². The Labute approximate surface area is 254 Å². The van der Waals surface area contributed by atoms with Gasteiger partial charge in [0, 0.05) is 11.8 Å². The average Bonchev–Trinajstić information content (AvgIpc) is 3.01. The molecule has 0 fully saturated rings. The first-order chi connectivity index (χ1) is 19.8. The van der Waals surface area contributed by atoms with Gasteiger partial charge in [0.15, 0.2) is 9.84 Å². The van der Waals surface area contributed by atoms with Crippen LogP contribution in [0.5, 0.6) is 5.75 Å². The van der Waals surface area contributed by atoms with Gasteiger partial charge in [0.2, 0.25) is 11.8 Å². The first kappa shape index (κ1) is 33.7. The van der Waals surface area contributed by atoms with E-state index in [-0.39, 0.29) is 41.6 Å². The van der Waals surface area contributed by atoms with Crippen LogP contribution >= 0.6 is 12.4 Å². The van der Waals surface area contributed by atoms with E-state index in [1.54, 1.807) is 68.6 Å². The number of benzene rings is 3. The van der Waals surface area contributed by atoms with Gasteiger partial charge in [0.05, 0.1) is 30.0 Å². The second-order valence-electron chi connectivity index (χ2n) is 10.1. The highest BCUT2D eigenvalue weighted by atomic mass is 35.5. The molecule has 3 amide bonds. The van der Waals surface area contributed by atoms with Crippen molar-refractivity contribution in [2.24, 2.45) is 0 Å². The quantitative estimate of drug-likeness (QED) is 0.369. The van der Waals surface area contributed by atoms with Crippen molar-refractivity contribution in [3.8, 4) is 5.75 Å². The number of ether oxygens (including phenoxy) is 1. The molecule has 0 bridgehead atoms. The second kappa shape index (κ2) is 13.7. The Balaban J connectivity index is 0.00000506. The Kier molecular flexibility index (Phi) is 10.7. The number of sulfone groups is 1. The zero-order chi connectivity index (χ0) is 30.8. The van der Waals surface area contributed by atoms with Crippen LogP contribution in [0, 0.1) is 0 Å². The second-order valence-corrected chi connectivity index (χ2v) is 12.3. The number of halogens is 3. The van der Waals surface area contributed by atoms with Crippen molar-refractivity contribution in [2.45, 2.75) is 45.1 Å². The van der Waals surface area contributed by atoms with Crippen molar-refractivity contribution in [2.75, 3.05) is 28.9 Å². The summed E-state index contributed by atoms with van der Waals surface area (Å²) in [5.41, 5.74) is 0.737. The number of carbonyl (C=O) groups excluding carboxylic acids is 3. The van der Waals surface area contributed by atoms with Crippen LogP contribution in [0.2, 0.25) is 0 Å². The minimum atomic E-state index is -3.76. The Morgan fingerprint density at radius 3 is 2.28 bits per heavy atom. The molecule has 0 spiro atoms. The molecule has 0 aromatic heterocycles. The Morgan fingerprint density at radius 2 is 1.65 bits per heavy atom. The summed E-state index contributed by atoms with van der Waals surface area (Å²) < 4.78 is 56.0. The molecule has 1 aliphatic heterocycles. The maximum absolute atomic E-state index is 14.3. The lowest BCUT2D eigenvalue weighted by Gasteiger charge is -2.32. The number of anilines is 2. The van der Waals surface area contributed by atoms with Crippen molar-refractivity contribution in [1.29, 1.82) is 0 Å². The summed E-state index contributed by atoms with van der Waals surface area (Å²) in [4.78, 5) is 43.3. The third-order valence-electron chi connectivity index (χ3n) is 7.16. The summed E-state index contributed by atoms with van der Waals surface area (Å²) in [6.45, 7) is -0.258. The molecule has 3 aromatic carbocycles. The summed E-state index contributed by atoms with van der Waals surface area (Å²) in [6.07, 6.45) is 0.926. The van der Waals surface area contributed by atoms with E-state index in [4.69, 9.17) is 4.74 Å². The standard InChI is InChI=1S/C29H32F2N4O6S.ClH/c1-17(32-3)27(37)33-26-18(2)35(25(36)16-42(4,39)40)23-12-8-7-11-22(23)34(28(26)38)15-21-20-10-6-5-9-19(20)13-14-24(21)41-29(30)31;/h5-14,17-18,26,29,32H,15-16H2,1-4H3,(H,33,37);1H/t17?,18-,26-;/m0./s1. The van der Waals surface area contributed by atoms with E-state index in [2.05, 4.69) is 10.6 Å².